The minimum absolute atomic E-state index is 0.0608. The van der Waals surface area contributed by atoms with E-state index in [4.69, 9.17) is 11.0 Å². The fourth-order valence-electron chi connectivity index (χ4n) is 1.66. The monoisotopic (exact) mass is 245 g/mol. The number of carbonyl (C=O) groups is 1. The minimum Gasteiger partial charge on any atom is -0.335 e. The zero-order valence-electron chi connectivity index (χ0n) is 11.1. The van der Waals surface area contributed by atoms with Gasteiger partial charge in [0.25, 0.3) is 0 Å². The molecule has 0 aliphatic heterocycles. The van der Waals surface area contributed by atoms with E-state index in [0.29, 0.717) is 12.1 Å². The number of carbonyl (C=O) groups excluding carboxylic acids is 1. The lowest BCUT2D eigenvalue weighted by molar-refractivity contribution is -0.134. The van der Waals surface area contributed by atoms with Crippen molar-refractivity contribution >= 4 is 5.91 Å². The van der Waals surface area contributed by atoms with Gasteiger partial charge in [-0.15, -0.1) is 0 Å². The number of nitriles is 1. The van der Waals surface area contributed by atoms with Crippen molar-refractivity contribution in [3.63, 3.8) is 0 Å². The van der Waals surface area contributed by atoms with Crippen molar-refractivity contribution in [1.82, 2.24) is 4.90 Å². The van der Waals surface area contributed by atoms with Crippen molar-refractivity contribution < 1.29 is 4.79 Å². The SMILES string of the molecule is CC(N)C(=O)N(Cc1ccc(C#N)cc1)C(C)C. The average Bonchev–Trinajstić information content (AvgIpc) is 2.35. The van der Waals surface area contributed by atoms with Crippen LogP contribution in [0.5, 0.6) is 0 Å². The van der Waals surface area contributed by atoms with Crippen molar-refractivity contribution in [1.29, 1.82) is 5.26 Å². The fraction of sp³-hybridized carbons (Fsp3) is 0.429. The number of benzene rings is 1. The van der Waals surface area contributed by atoms with E-state index in [1.807, 2.05) is 26.0 Å². The number of rotatable bonds is 4. The van der Waals surface area contributed by atoms with Crippen LogP contribution in [0.1, 0.15) is 31.9 Å². The van der Waals surface area contributed by atoms with E-state index in [9.17, 15) is 4.79 Å². The zero-order chi connectivity index (χ0) is 13.7. The maximum atomic E-state index is 12.0. The largest absolute Gasteiger partial charge is 0.335 e. The van der Waals surface area contributed by atoms with Crippen LogP contribution in [0.4, 0.5) is 0 Å². The Bertz CT molecular complexity index is 443. The van der Waals surface area contributed by atoms with Crippen LogP contribution in [0.3, 0.4) is 0 Å². The molecule has 18 heavy (non-hydrogen) atoms. The van der Waals surface area contributed by atoms with Crippen LogP contribution in [-0.2, 0) is 11.3 Å². The van der Waals surface area contributed by atoms with Gasteiger partial charge in [0.15, 0.2) is 0 Å². The molecule has 96 valence electrons. The van der Waals surface area contributed by atoms with Crippen LogP contribution in [0, 0.1) is 11.3 Å². The van der Waals surface area contributed by atoms with Gasteiger partial charge in [0.1, 0.15) is 0 Å². The number of hydrogen-bond donors (Lipinski definition) is 1. The summed E-state index contributed by atoms with van der Waals surface area (Å²) in [5, 5.41) is 8.73. The van der Waals surface area contributed by atoms with Crippen LogP contribution in [0.2, 0.25) is 0 Å². The molecular formula is C14H19N3O. The van der Waals surface area contributed by atoms with E-state index in [-0.39, 0.29) is 11.9 Å². The Morgan fingerprint density at radius 2 is 1.89 bits per heavy atom. The second kappa shape index (κ2) is 6.18. The molecule has 0 bridgehead atoms. The van der Waals surface area contributed by atoms with E-state index < -0.39 is 6.04 Å². The number of hydrogen-bond acceptors (Lipinski definition) is 3. The van der Waals surface area contributed by atoms with E-state index in [2.05, 4.69) is 6.07 Å². The molecule has 1 aromatic carbocycles. The molecule has 1 aromatic rings. The van der Waals surface area contributed by atoms with Crippen LogP contribution >= 0.6 is 0 Å². The predicted molar refractivity (Wildman–Crippen MR) is 70.5 cm³/mol. The summed E-state index contributed by atoms with van der Waals surface area (Å²) in [4.78, 5) is 13.7. The lowest BCUT2D eigenvalue weighted by Crippen LogP contribution is -2.45. The molecule has 0 fully saturated rings. The topological polar surface area (TPSA) is 70.1 Å². The van der Waals surface area contributed by atoms with Crippen LogP contribution < -0.4 is 5.73 Å². The highest BCUT2D eigenvalue weighted by molar-refractivity contribution is 5.81. The van der Waals surface area contributed by atoms with Crippen molar-refractivity contribution in [2.45, 2.75) is 39.4 Å². The highest BCUT2D eigenvalue weighted by Gasteiger charge is 2.20. The van der Waals surface area contributed by atoms with Gasteiger partial charge >= 0.3 is 0 Å². The second-order valence-corrected chi connectivity index (χ2v) is 4.66. The maximum Gasteiger partial charge on any atom is 0.239 e. The van der Waals surface area contributed by atoms with Gasteiger partial charge in [-0.3, -0.25) is 4.79 Å². The molecule has 0 radical (unpaired) electrons. The number of amides is 1. The summed E-state index contributed by atoms with van der Waals surface area (Å²) < 4.78 is 0. The molecule has 1 unspecified atom stereocenters. The molecule has 0 heterocycles. The Balaban J connectivity index is 2.84. The molecule has 1 amide bonds. The summed E-state index contributed by atoms with van der Waals surface area (Å²) in [5.41, 5.74) is 7.26. The Labute approximate surface area is 108 Å². The second-order valence-electron chi connectivity index (χ2n) is 4.66. The first kappa shape index (κ1) is 14.2. The standard InChI is InChI=1S/C14H19N3O/c1-10(2)17(14(18)11(3)16)9-13-6-4-12(8-15)5-7-13/h4-7,10-11H,9,16H2,1-3H3. The predicted octanol–water partition coefficient (Wildman–Crippen LogP) is 1.64. The quantitative estimate of drug-likeness (QED) is 0.876. The van der Waals surface area contributed by atoms with Crippen molar-refractivity contribution in [3.8, 4) is 6.07 Å². The summed E-state index contributed by atoms with van der Waals surface area (Å²) in [5.74, 6) is -0.0608. The summed E-state index contributed by atoms with van der Waals surface area (Å²) in [6, 6.07) is 8.91. The van der Waals surface area contributed by atoms with Gasteiger partial charge in [0, 0.05) is 12.6 Å². The molecule has 4 heteroatoms. The normalized spacial score (nSPS) is 12.0. The van der Waals surface area contributed by atoms with Gasteiger partial charge in [-0.1, -0.05) is 12.1 Å². The Morgan fingerprint density at radius 3 is 2.28 bits per heavy atom. The molecule has 0 aliphatic rings. The smallest absolute Gasteiger partial charge is 0.239 e. The number of nitrogens with zero attached hydrogens (tertiary/aromatic N) is 2. The van der Waals surface area contributed by atoms with Gasteiger partial charge in [0.05, 0.1) is 17.7 Å². The Kier molecular flexibility index (Phi) is 4.87. The third-order valence-corrected chi connectivity index (χ3v) is 2.73. The third-order valence-electron chi connectivity index (χ3n) is 2.73. The van der Waals surface area contributed by atoms with Gasteiger partial charge in [0.2, 0.25) is 5.91 Å². The molecule has 0 aromatic heterocycles. The first-order valence-corrected chi connectivity index (χ1v) is 6.00. The number of nitrogens with two attached hydrogens (primary N) is 1. The molecule has 4 nitrogen and oxygen atoms in total. The van der Waals surface area contributed by atoms with E-state index >= 15 is 0 Å². The molecular weight excluding hydrogens is 226 g/mol. The first-order valence-electron chi connectivity index (χ1n) is 6.00. The minimum atomic E-state index is -0.495. The van der Waals surface area contributed by atoms with Crippen LogP contribution in [0.15, 0.2) is 24.3 Å². The van der Waals surface area contributed by atoms with Crippen molar-refractivity contribution in [2.75, 3.05) is 0 Å². The maximum absolute atomic E-state index is 12.0. The summed E-state index contributed by atoms with van der Waals surface area (Å²) >= 11 is 0. The molecule has 0 spiro atoms. The highest BCUT2D eigenvalue weighted by Crippen LogP contribution is 2.11. The lowest BCUT2D eigenvalue weighted by Gasteiger charge is -2.28. The Morgan fingerprint density at radius 1 is 1.33 bits per heavy atom. The lowest BCUT2D eigenvalue weighted by atomic mass is 10.1. The highest BCUT2D eigenvalue weighted by atomic mass is 16.2. The van der Waals surface area contributed by atoms with E-state index in [0.717, 1.165) is 5.56 Å². The molecule has 2 N–H and O–H groups in total. The van der Waals surface area contributed by atoms with Gasteiger partial charge in [-0.25, -0.2) is 0 Å². The molecule has 1 rings (SSSR count). The first-order chi connectivity index (χ1) is 8.45. The summed E-state index contributed by atoms with van der Waals surface area (Å²) in [6.45, 7) is 6.13. The van der Waals surface area contributed by atoms with Gasteiger partial charge < -0.3 is 10.6 Å². The van der Waals surface area contributed by atoms with Gasteiger partial charge in [-0.05, 0) is 38.5 Å². The zero-order valence-corrected chi connectivity index (χ0v) is 11.1. The molecule has 0 saturated carbocycles. The third kappa shape index (κ3) is 3.57. The molecule has 0 saturated heterocycles. The van der Waals surface area contributed by atoms with E-state index in [1.54, 1.807) is 24.0 Å². The van der Waals surface area contributed by atoms with Crippen molar-refractivity contribution in [2.24, 2.45) is 5.73 Å². The van der Waals surface area contributed by atoms with E-state index in [1.165, 1.54) is 0 Å². The summed E-state index contributed by atoms with van der Waals surface area (Å²) in [7, 11) is 0. The average molecular weight is 245 g/mol. The summed E-state index contributed by atoms with van der Waals surface area (Å²) in [6.07, 6.45) is 0. The van der Waals surface area contributed by atoms with Gasteiger partial charge in [-0.2, -0.15) is 5.26 Å². The Hall–Kier alpha value is -1.86. The van der Waals surface area contributed by atoms with Crippen LogP contribution in [0.25, 0.3) is 0 Å². The van der Waals surface area contributed by atoms with Crippen LogP contribution in [-0.4, -0.2) is 22.9 Å². The molecule has 1 atom stereocenters. The molecule has 0 aliphatic carbocycles. The fourth-order valence-corrected chi connectivity index (χ4v) is 1.66. The van der Waals surface area contributed by atoms with Crippen molar-refractivity contribution in [3.05, 3.63) is 35.4 Å².